The number of halogens is 1. The van der Waals surface area contributed by atoms with Crippen molar-refractivity contribution >= 4 is 17.2 Å². The van der Waals surface area contributed by atoms with Crippen LogP contribution in [0.5, 0.6) is 0 Å². The van der Waals surface area contributed by atoms with Crippen LogP contribution in [-0.4, -0.2) is 34.6 Å². The molecule has 2 aliphatic carbocycles. The van der Waals surface area contributed by atoms with Gasteiger partial charge in [-0.25, -0.2) is 9.18 Å². The third kappa shape index (κ3) is 2.19. The second-order valence-corrected chi connectivity index (χ2v) is 8.01. The zero-order valence-corrected chi connectivity index (χ0v) is 14.2. The van der Waals surface area contributed by atoms with E-state index < -0.39 is 17.3 Å². The summed E-state index contributed by atoms with van der Waals surface area (Å²) in [6.07, 6.45) is 5.20. The molecule has 1 spiro atoms. The zero-order valence-electron chi connectivity index (χ0n) is 14.2. The van der Waals surface area contributed by atoms with E-state index in [1.807, 2.05) is 4.90 Å². The summed E-state index contributed by atoms with van der Waals surface area (Å²) in [7, 11) is 0. The molecule has 1 atom stereocenters. The van der Waals surface area contributed by atoms with Crippen LogP contribution in [0.15, 0.2) is 23.1 Å². The predicted molar refractivity (Wildman–Crippen MR) is 94.4 cm³/mol. The van der Waals surface area contributed by atoms with Gasteiger partial charge in [-0.1, -0.05) is 0 Å². The van der Waals surface area contributed by atoms with E-state index in [1.54, 1.807) is 6.07 Å². The number of carboxylic acids is 1. The lowest BCUT2D eigenvalue weighted by Crippen LogP contribution is -2.30. The van der Waals surface area contributed by atoms with E-state index in [-0.39, 0.29) is 22.9 Å². The lowest BCUT2D eigenvalue weighted by atomic mass is 10.0. The summed E-state index contributed by atoms with van der Waals surface area (Å²) in [4.78, 5) is 25.9. The second-order valence-electron chi connectivity index (χ2n) is 8.01. The number of aromatic carboxylic acids is 1. The molecule has 6 nitrogen and oxygen atoms in total. The smallest absolute Gasteiger partial charge is 0.341 e. The summed E-state index contributed by atoms with van der Waals surface area (Å²) in [5.74, 6) is -1.57. The van der Waals surface area contributed by atoms with Crippen molar-refractivity contribution in [3.8, 4) is 0 Å². The fourth-order valence-corrected chi connectivity index (χ4v) is 4.31. The molecule has 136 valence electrons. The van der Waals surface area contributed by atoms with Crippen LogP contribution in [0, 0.1) is 11.2 Å². The highest BCUT2D eigenvalue weighted by atomic mass is 19.1. The molecule has 2 aromatic heterocycles. The lowest BCUT2D eigenvalue weighted by molar-refractivity contribution is 0.0694. The van der Waals surface area contributed by atoms with Crippen molar-refractivity contribution in [1.82, 2.24) is 4.40 Å². The molecule has 0 aromatic carbocycles. The van der Waals surface area contributed by atoms with Crippen LogP contribution >= 0.6 is 0 Å². The first kappa shape index (κ1) is 15.8. The third-order valence-electron chi connectivity index (χ3n) is 6.25. The Balaban J connectivity index is 1.69. The largest absolute Gasteiger partial charge is 0.477 e. The number of aromatic nitrogens is 1. The molecule has 1 saturated heterocycles. The average molecular weight is 357 g/mol. The van der Waals surface area contributed by atoms with Crippen molar-refractivity contribution in [2.45, 2.75) is 37.6 Å². The van der Waals surface area contributed by atoms with Crippen LogP contribution in [0.3, 0.4) is 0 Å². The molecule has 2 aromatic rings. The fourth-order valence-electron chi connectivity index (χ4n) is 4.31. The summed E-state index contributed by atoms with van der Waals surface area (Å²) in [6, 6.07) is 3.21. The number of anilines is 1. The fraction of sp³-hybridized carbons (Fsp3) is 0.474. The molecule has 7 heteroatoms. The predicted octanol–water partition coefficient (Wildman–Crippen LogP) is 1.94. The average Bonchev–Trinajstić information content (AvgIpc) is 3.48. The summed E-state index contributed by atoms with van der Waals surface area (Å²) in [6.45, 7) is 1.33. The molecule has 0 bridgehead atoms. The van der Waals surface area contributed by atoms with E-state index in [0.29, 0.717) is 17.7 Å². The van der Waals surface area contributed by atoms with E-state index in [0.717, 1.165) is 48.4 Å². The monoisotopic (exact) mass is 357 g/mol. The number of hydrogen-bond acceptors (Lipinski definition) is 4. The van der Waals surface area contributed by atoms with Crippen LogP contribution in [0.2, 0.25) is 0 Å². The van der Waals surface area contributed by atoms with Crippen molar-refractivity contribution < 1.29 is 14.3 Å². The molecule has 3 fully saturated rings. The molecule has 5 rings (SSSR count). The molecule has 2 saturated carbocycles. The Bertz CT molecular complexity index is 1010. The van der Waals surface area contributed by atoms with Gasteiger partial charge in [0.15, 0.2) is 5.82 Å². The van der Waals surface area contributed by atoms with E-state index in [1.165, 1.54) is 6.07 Å². The summed E-state index contributed by atoms with van der Waals surface area (Å²) >= 11 is 0. The molecule has 3 N–H and O–H groups in total. The van der Waals surface area contributed by atoms with E-state index in [9.17, 15) is 19.1 Å². The minimum Gasteiger partial charge on any atom is -0.477 e. The van der Waals surface area contributed by atoms with Gasteiger partial charge < -0.3 is 15.7 Å². The lowest BCUT2D eigenvalue weighted by Gasteiger charge is -2.21. The van der Waals surface area contributed by atoms with Crippen LogP contribution in [0.25, 0.3) is 5.52 Å². The summed E-state index contributed by atoms with van der Waals surface area (Å²) < 4.78 is 16.0. The number of hydrogen-bond donors (Lipinski definition) is 2. The first-order valence-corrected chi connectivity index (χ1v) is 9.02. The Morgan fingerprint density at radius 3 is 2.62 bits per heavy atom. The Morgan fingerprint density at radius 1 is 1.31 bits per heavy atom. The first-order chi connectivity index (χ1) is 12.4. The molecule has 0 unspecified atom stereocenters. The molecule has 0 amide bonds. The van der Waals surface area contributed by atoms with Crippen molar-refractivity contribution in [3.05, 3.63) is 45.6 Å². The van der Waals surface area contributed by atoms with Gasteiger partial charge in [0.1, 0.15) is 5.56 Å². The third-order valence-corrected chi connectivity index (χ3v) is 6.25. The van der Waals surface area contributed by atoms with Crippen molar-refractivity contribution in [2.24, 2.45) is 11.1 Å². The maximum Gasteiger partial charge on any atom is 0.341 e. The Hall–Kier alpha value is -2.41. The Labute approximate surface area is 149 Å². The SMILES string of the molecule is N[C@@H]1CN(c2cc3c(C4CC4)cc(C(=O)O)c(=O)n3cc2F)CC12CC2. The Morgan fingerprint density at radius 2 is 2.04 bits per heavy atom. The van der Waals surface area contributed by atoms with Gasteiger partial charge in [-0.3, -0.25) is 9.20 Å². The van der Waals surface area contributed by atoms with E-state index in [4.69, 9.17) is 5.73 Å². The summed E-state index contributed by atoms with van der Waals surface area (Å²) in [5, 5.41) is 9.31. The molecule has 1 aliphatic heterocycles. The zero-order chi connectivity index (χ0) is 18.2. The van der Waals surface area contributed by atoms with Crippen molar-refractivity contribution in [2.75, 3.05) is 18.0 Å². The van der Waals surface area contributed by atoms with Gasteiger partial charge >= 0.3 is 5.97 Å². The Kier molecular flexibility index (Phi) is 3.08. The van der Waals surface area contributed by atoms with E-state index >= 15 is 0 Å². The van der Waals surface area contributed by atoms with Crippen LogP contribution in [-0.2, 0) is 0 Å². The highest BCUT2D eigenvalue weighted by molar-refractivity contribution is 5.88. The highest BCUT2D eigenvalue weighted by Crippen LogP contribution is 2.53. The summed E-state index contributed by atoms with van der Waals surface area (Å²) in [5.41, 5.74) is 7.22. The number of nitrogens with two attached hydrogens (primary N) is 1. The normalized spacial score (nSPS) is 23.8. The number of carbonyl (C=O) groups is 1. The van der Waals surface area contributed by atoms with Gasteiger partial charge in [0.25, 0.3) is 5.56 Å². The van der Waals surface area contributed by atoms with Crippen LogP contribution in [0.4, 0.5) is 10.1 Å². The highest BCUT2D eigenvalue weighted by Gasteiger charge is 2.53. The second kappa shape index (κ2) is 5.07. The van der Waals surface area contributed by atoms with Crippen LogP contribution < -0.4 is 16.2 Å². The maximum absolute atomic E-state index is 14.8. The standard InChI is InChI=1S/C19H20FN3O3/c20-13-7-23-14(6-15(13)22-8-16(21)19(9-22)3-4-19)11(10-1-2-10)5-12(17(23)24)18(25)26/h5-7,10,16H,1-4,8-9,21H2,(H,25,26)/t16-/m1/s1. The maximum atomic E-state index is 14.8. The molecule has 0 radical (unpaired) electrons. The van der Waals surface area contributed by atoms with Crippen molar-refractivity contribution in [1.29, 1.82) is 0 Å². The van der Waals surface area contributed by atoms with Gasteiger partial charge in [0, 0.05) is 24.5 Å². The molecular formula is C19H20FN3O3. The first-order valence-electron chi connectivity index (χ1n) is 9.02. The van der Waals surface area contributed by atoms with Gasteiger partial charge in [-0.05, 0) is 49.3 Å². The van der Waals surface area contributed by atoms with Gasteiger partial charge in [-0.15, -0.1) is 0 Å². The topological polar surface area (TPSA) is 88.0 Å². The number of rotatable bonds is 3. The number of fused-ring (bicyclic) bond motifs is 1. The van der Waals surface area contributed by atoms with Gasteiger partial charge in [0.05, 0.1) is 17.4 Å². The number of nitrogens with zero attached hydrogens (tertiary/aromatic N) is 2. The quantitative estimate of drug-likeness (QED) is 0.876. The van der Waals surface area contributed by atoms with Gasteiger partial charge in [0.2, 0.25) is 0 Å². The number of carboxylic acid groups (broad SMARTS) is 1. The van der Waals surface area contributed by atoms with Gasteiger partial charge in [-0.2, -0.15) is 0 Å². The van der Waals surface area contributed by atoms with Crippen LogP contribution in [0.1, 0.15) is 47.5 Å². The molecule has 26 heavy (non-hydrogen) atoms. The molecular weight excluding hydrogens is 337 g/mol. The minimum atomic E-state index is -1.28. The molecule has 3 heterocycles. The molecule has 3 aliphatic rings. The minimum absolute atomic E-state index is 0.0395. The van der Waals surface area contributed by atoms with Crippen molar-refractivity contribution in [3.63, 3.8) is 0 Å². The van der Waals surface area contributed by atoms with E-state index in [2.05, 4.69) is 0 Å². The number of pyridine rings is 2.